The number of hydrogen-bond acceptors (Lipinski definition) is 3. The summed E-state index contributed by atoms with van der Waals surface area (Å²) in [5.41, 5.74) is 2.80. The summed E-state index contributed by atoms with van der Waals surface area (Å²) in [6.45, 7) is 7.38. The number of rotatable bonds is 2. The molecule has 1 aliphatic heterocycles. The maximum absolute atomic E-state index is 12.3. The molecule has 1 heterocycles. The highest BCUT2D eigenvalue weighted by Crippen LogP contribution is 2.30. The second-order valence-corrected chi connectivity index (χ2v) is 5.10. The van der Waals surface area contributed by atoms with E-state index >= 15 is 0 Å². The highest BCUT2D eigenvalue weighted by atomic mass is 16.3. The molecule has 0 radical (unpaired) electrons. The van der Waals surface area contributed by atoms with Gasteiger partial charge in [0.1, 0.15) is 0 Å². The summed E-state index contributed by atoms with van der Waals surface area (Å²) in [6, 6.07) is 5.17. The second kappa shape index (κ2) is 4.53. The van der Waals surface area contributed by atoms with Gasteiger partial charge in [0, 0.05) is 6.04 Å². The van der Waals surface area contributed by atoms with Gasteiger partial charge in [0.25, 0.3) is 11.8 Å². The first-order valence-electron chi connectivity index (χ1n) is 6.23. The average Bonchev–Trinajstić information content (AvgIpc) is 2.54. The molecular formula is C15H17NO3. The first-order chi connectivity index (χ1) is 8.84. The molecular weight excluding hydrogens is 242 g/mol. The summed E-state index contributed by atoms with van der Waals surface area (Å²) >= 11 is 0. The molecule has 0 aliphatic carbocycles. The first kappa shape index (κ1) is 13.3. The van der Waals surface area contributed by atoms with Crippen molar-refractivity contribution in [3.05, 3.63) is 40.6 Å². The van der Waals surface area contributed by atoms with Crippen LogP contribution in [0.3, 0.4) is 0 Å². The summed E-state index contributed by atoms with van der Waals surface area (Å²) < 4.78 is 0. The van der Waals surface area contributed by atoms with E-state index in [0.717, 1.165) is 16.0 Å². The SMILES string of the molecule is Cc1ccc(C2=C(O)C(=O)N(C(C)C)C2=O)cc1C. The Labute approximate surface area is 112 Å². The van der Waals surface area contributed by atoms with Crippen molar-refractivity contribution in [2.45, 2.75) is 33.7 Å². The predicted molar refractivity (Wildman–Crippen MR) is 72.5 cm³/mol. The summed E-state index contributed by atoms with van der Waals surface area (Å²) in [5.74, 6) is -1.50. The molecule has 1 aromatic rings. The molecule has 0 bridgehead atoms. The second-order valence-electron chi connectivity index (χ2n) is 5.10. The van der Waals surface area contributed by atoms with Gasteiger partial charge >= 0.3 is 0 Å². The van der Waals surface area contributed by atoms with Gasteiger partial charge in [0.15, 0.2) is 5.76 Å². The van der Waals surface area contributed by atoms with Gasteiger partial charge < -0.3 is 5.11 Å². The number of nitrogens with zero attached hydrogens (tertiary/aromatic N) is 1. The lowest BCUT2D eigenvalue weighted by Crippen LogP contribution is -2.37. The number of amides is 2. The van der Waals surface area contributed by atoms with Crippen LogP contribution in [0.25, 0.3) is 5.57 Å². The Morgan fingerprint density at radius 1 is 1.05 bits per heavy atom. The van der Waals surface area contributed by atoms with Gasteiger partial charge in [-0.1, -0.05) is 18.2 Å². The predicted octanol–water partition coefficient (Wildman–Crippen LogP) is 2.35. The number of carbonyl (C=O) groups excluding carboxylic acids is 2. The van der Waals surface area contributed by atoms with Crippen LogP contribution < -0.4 is 0 Å². The molecule has 2 amide bonds. The molecule has 4 heteroatoms. The zero-order valence-corrected chi connectivity index (χ0v) is 11.5. The zero-order valence-electron chi connectivity index (χ0n) is 11.5. The fraction of sp³-hybridized carbons (Fsp3) is 0.333. The summed E-state index contributed by atoms with van der Waals surface area (Å²) in [7, 11) is 0. The standard InChI is InChI=1S/C15H17NO3/c1-8(2)16-14(18)12(13(17)15(16)19)11-6-5-9(3)10(4)7-11/h5-8,17H,1-4H3. The van der Waals surface area contributed by atoms with Crippen LogP contribution in [-0.2, 0) is 9.59 Å². The number of imide groups is 1. The van der Waals surface area contributed by atoms with E-state index in [9.17, 15) is 14.7 Å². The van der Waals surface area contributed by atoms with Crippen molar-refractivity contribution in [2.75, 3.05) is 0 Å². The van der Waals surface area contributed by atoms with Gasteiger partial charge in [-0.2, -0.15) is 0 Å². The summed E-state index contributed by atoms with van der Waals surface area (Å²) in [6.07, 6.45) is 0. The minimum Gasteiger partial charge on any atom is -0.502 e. The van der Waals surface area contributed by atoms with Crippen molar-refractivity contribution in [1.82, 2.24) is 4.90 Å². The van der Waals surface area contributed by atoms with E-state index in [1.54, 1.807) is 19.9 Å². The highest BCUT2D eigenvalue weighted by molar-refractivity contribution is 6.35. The lowest BCUT2D eigenvalue weighted by Gasteiger charge is -2.18. The third-order valence-electron chi connectivity index (χ3n) is 3.40. The summed E-state index contributed by atoms with van der Waals surface area (Å²) in [5, 5.41) is 9.93. The van der Waals surface area contributed by atoms with E-state index in [4.69, 9.17) is 0 Å². The molecule has 2 rings (SSSR count). The molecule has 1 N–H and O–H groups in total. The lowest BCUT2D eigenvalue weighted by atomic mass is 10.00. The fourth-order valence-electron chi connectivity index (χ4n) is 2.16. The van der Waals surface area contributed by atoms with E-state index < -0.39 is 17.6 Å². The molecule has 0 unspecified atom stereocenters. The van der Waals surface area contributed by atoms with Gasteiger partial charge in [-0.15, -0.1) is 0 Å². The monoisotopic (exact) mass is 259 g/mol. The third-order valence-corrected chi connectivity index (χ3v) is 3.40. The van der Waals surface area contributed by atoms with E-state index in [0.29, 0.717) is 5.56 Å². The van der Waals surface area contributed by atoms with Crippen LogP contribution in [0.15, 0.2) is 24.0 Å². The van der Waals surface area contributed by atoms with Crippen LogP contribution in [0.2, 0.25) is 0 Å². The summed E-state index contributed by atoms with van der Waals surface area (Å²) in [4.78, 5) is 25.2. The van der Waals surface area contributed by atoms with Crippen LogP contribution in [0.4, 0.5) is 0 Å². The molecule has 1 aliphatic rings. The van der Waals surface area contributed by atoms with Crippen LogP contribution in [0.1, 0.15) is 30.5 Å². The van der Waals surface area contributed by atoms with Crippen LogP contribution in [0, 0.1) is 13.8 Å². The number of aliphatic hydroxyl groups is 1. The molecule has 0 spiro atoms. The molecule has 0 atom stereocenters. The Morgan fingerprint density at radius 3 is 2.16 bits per heavy atom. The quantitative estimate of drug-likeness (QED) is 0.829. The molecule has 100 valence electrons. The molecule has 0 saturated heterocycles. The first-order valence-corrected chi connectivity index (χ1v) is 6.23. The van der Waals surface area contributed by atoms with Crippen molar-refractivity contribution in [3.8, 4) is 0 Å². The molecule has 19 heavy (non-hydrogen) atoms. The molecule has 0 aromatic heterocycles. The smallest absolute Gasteiger partial charge is 0.296 e. The van der Waals surface area contributed by atoms with E-state index in [-0.39, 0.29) is 11.6 Å². The average molecular weight is 259 g/mol. The number of hydrogen-bond donors (Lipinski definition) is 1. The van der Waals surface area contributed by atoms with Gasteiger partial charge in [0.05, 0.1) is 5.57 Å². The Balaban J connectivity index is 2.52. The third kappa shape index (κ3) is 2.03. The fourth-order valence-corrected chi connectivity index (χ4v) is 2.16. The Kier molecular flexibility index (Phi) is 3.18. The van der Waals surface area contributed by atoms with Crippen molar-refractivity contribution in [1.29, 1.82) is 0 Å². The molecule has 0 fully saturated rings. The highest BCUT2D eigenvalue weighted by Gasteiger charge is 2.40. The maximum atomic E-state index is 12.3. The van der Waals surface area contributed by atoms with E-state index in [1.165, 1.54) is 0 Å². The van der Waals surface area contributed by atoms with Gasteiger partial charge in [-0.3, -0.25) is 14.5 Å². The van der Waals surface area contributed by atoms with Gasteiger partial charge in [-0.05, 0) is 44.4 Å². The minimum atomic E-state index is -0.617. The number of aliphatic hydroxyl groups excluding tert-OH is 1. The van der Waals surface area contributed by atoms with Crippen molar-refractivity contribution >= 4 is 17.4 Å². The molecule has 4 nitrogen and oxygen atoms in total. The Morgan fingerprint density at radius 2 is 1.68 bits per heavy atom. The van der Waals surface area contributed by atoms with E-state index in [2.05, 4.69) is 0 Å². The van der Waals surface area contributed by atoms with Crippen LogP contribution in [-0.4, -0.2) is 27.9 Å². The van der Waals surface area contributed by atoms with Crippen LogP contribution >= 0.6 is 0 Å². The van der Waals surface area contributed by atoms with Crippen molar-refractivity contribution < 1.29 is 14.7 Å². The zero-order chi connectivity index (χ0) is 14.3. The molecule has 0 saturated carbocycles. The van der Waals surface area contributed by atoms with E-state index in [1.807, 2.05) is 26.0 Å². The lowest BCUT2D eigenvalue weighted by molar-refractivity contribution is -0.139. The number of benzene rings is 1. The van der Waals surface area contributed by atoms with Crippen molar-refractivity contribution in [2.24, 2.45) is 0 Å². The Bertz CT molecular complexity index is 599. The van der Waals surface area contributed by atoms with Gasteiger partial charge in [0.2, 0.25) is 0 Å². The Hall–Kier alpha value is -2.10. The minimum absolute atomic E-state index is 0.0989. The topological polar surface area (TPSA) is 57.6 Å². The molecule has 1 aromatic carbocycles. The van der Waals surface area contributed by atoms with Crippen molar-refractivity contribution in [3.63, 3.8) is 0 Å². The van der Waals surface area contributed by atoms with Gasteiger partial charge in [-0.25, -0.2) is 0 Å². The van der Waals surface area contributed by atoms with Crippen LogP contribution in [0.5, 0.6) is 0 Å². The number of carbonyl (C=O) groups is 2. The number of aryl methyl sites for hydroxylation is 2. The maximum Gasteiger partial charge on any atom is 0.296 e. The normalized spacial score (nSPS) is 15.9. The largest absolute Gasteiger partial charge is 0.502 e.